The van der Waals surface area contributed by atoms with E-state index in [0.29, 0.717) is 15.4 Å². The maximum Gasteiger partial charge on any atom is 0.209 e. The van der Waals surface area contributed by atoms with Gasteiger partial charge in [-0.3, -0.25) is 0 Å². The zero-order valence-electron chi connectivity index (χ0n) is 5.40. The number of rotatable bonds is 0. The Labute approximate surface area is 63.8 Å². The summed E-state index contributed by atoms with van der Waals surface area (Å²) in [6.45, 7) is 0. The van der Waals surface area contributed by atoms with Crippen molar-refractivity contribution < 1.29 is 8.42 Å². The molecule has 0 fully saturated rings. The number of nitriles is 1. The van der Waals surface area contributed by atoms with Crippen LogP contribution in [-0.4, -0.2) is 8.42 Å². The number of hydrogen-bond donors (Lipinski definition) is 0. The molecule has 1 heterocycles. The minimum absolute atomic E-state index is 0.302. The van der Waals surface area contributed by atoms with Gasteiger partial charge in [-0.15, -0.1) is 0 Å². The minimum atomic E-state index is -3.06. The van der Waals surface area contributed by atoms with Crippen LogP contribution in [0, 0.1) is 11.3 Å². The highest BCUT2D eigenvalue weighted by Gasteiger charge is 2.38. The van der Waals surface area contributed by atoms with E-state index in [1.807, 2.05) is 6.07 Å². The summed E-state index contributed by atoms with van der Waals surface area (Å²) >= 11 is 0. The normalized spacial score (nSPS) is 16.6. The highest BCUT2D eigenvalue weighted by atomic mass is 32.2. The van der Waals surface area contributed by atoms with Crippen molar-refractivity contribution in [2.45, 2.75) is 9.79 Å². The van der Waals surface area contributed by atoms with Gasteiger partial charge < -0.3 is 0 Å². The second kappa shape index (κ2) is 1.63. The Bertz CT molecular complexity index is 468. The maximum absolute atomic E-state index is 10.9. The Morgan fingerprint density at radius 1 is 1.27 bits per heavy atom. The number of hydrogen-bond acceptors (Lipinski definition) is 3. The van der Waals surface area contributed by atoms with E-state index in [-0.39, 0.29) is 0 Å². The Balaban J connectivity index is 2.71. The molecule has 0 amide bonds. The first-order valence-electron chi connectivity index (χ1n) is 2.95. The van der Waals surface area contributed by atoms with Crippen LogP contribution in [0.1, 0.15) is 5.56 Å². The van der Waals surface area contributed by atoms with Crippen LogP contribution in [0.2, 0.25) is 0 Å². The van der Waals surface area contributed by atoms with Gasteiger partial charge in [0.15, 0.2) is 0 Å². The van der Waals surface area contributed by atoms with Crippen molar-refractivity contribution in [2.75, 3.05) is 0 Å². The number of nitrogens with zero attached hydrogens (tertiary/aromatic N) is 1. The predicted octanol–water partition coefficient (Wildman–Crippen LogP) is 0.704. The lowest BCUT2D eigenvalue weighted by Crippen LogP contribution is -1.67. The standard InChI is InChI=1S/C7H3NO2S/c8-4-5-1-2-6-7(3-5)11(6,9)10/h1-3H. The van der Waals surface area contributed by atoms with Gasteiger partial charge in [0.2, 0.25) is 9.84 Å². The van der Waals surface area contributed by atoms with Crippen LogP contribution in [0.3, 0.4) is 0 Å². The lowest BCUT2D eigenvalue weighted by Gasteiger charge is -1.76. The molecule has 2 rings (SSSR count). The van der Waals surface area contributed by atoms with E-state index in [1.165, 1.54) is 18.2 Å². The van der Waals surface area contributed by atoms with Gasteiger partial charge in [0.1, 0.15) is 0 Å². The summed E-state index contributed by atoms with van der Waals surface area (Å²) in [7, 11) is -3.06. The van der Waals surface area contributed by atoms with E-state index in [1.54, 1.807) is 0 Å². The van der Waals surface area contributed by atoms with Gasteiger partial charge in [-0.05, 0) is 18.2 Å². The second-order valence-electron chi connectivity index (χ2n) is 2.28. The van der Waals surface area contributed by atoms with Crippen molar-refractivity contribution in [2.24, 2.45) is 0 Å². The molecule has 0 unspecified atom stereocenters. The summed E-state index contributed by atoms with van der Waals surface area (Å²) in [4.78, 5) is 0.660. The monoisotopic (exact) mass is 165 g/mol. The van der Waals surface area contributed by atoms with Crippen LogP contribution in [0.4, 0.5) is 0 Å². The van der Waals surface area contributed by atoms with Crippen LogP contribution in [0.15, 0.2) is 28.0 Å². The van der Waals surface area contributed by atoms with Gasteiger partial charge in [0.25, 0.3) is 0 Å². The molecule has 0 aromatic heterocycles. The molecule has 1 aromatic rings. The van der Waals surface area contributed by atoms with Crippen LogP contribution in [-0.2, 0) is 9.84 Å². The molecule has 0 aliphatic carbocycles. The molecule has 0 radical (unpaired) electrons. The smallest absolute Gasteiger partial charge is 0.209 e. The van der Waals surface area contributed by atoms with Gasteiger partial charge in [0, 0.05) is 0 Å². The summed E-state index contributed by atoms with van der Waals surface area (Å²) < 4.78 is 21.8. The molecule has 4 heteroatoms. The average Bonchev–Trinajstić information content (AvgIpc) is 2.55. The SMILES string of the molecule is N#Cc1ccc2c(c1)S2(=O)=O. The molecular weight excluding hydrogens is 162 g/mol. The van der Waals surface area contributed by atoms with Crippen molar-refractivity contribution in [3.8, 4) is 6.07 Å². The third kappa shape index (κ3) is 0.686. The Morgan fingerprint density at radius 3 is 2.55 bits per heavy atom. The van der Waals surface area contributed by atoms with Crippen molar-refractivity contribution in [3.63, 3.8) is 0 Å². The first kappa shape index (κ1) is 6.38. The molecule has 0 saturated heterocycles. The van der Waals surface area contributed by atoms with E-state index >= 15 is 0 Å². The highest BCUT2D eigenvalue weighted by molar-refractivity contribution is 7.97. The number of fused-ring (bicyclic) bond motifs is 1. The quantitative estimate of drug-likeness (QED) is 0.540. The second-order valence-corrected chi connectivity index (χ2v) is 4.16. The molecule has 0 spiro atoms. The molecule has 0 bridgehead atoms. The average molecular weight is 165 g/mol. The molecule has 1 aromatic carbocycles. The van der Waals surface area contributed by atoms with Gasteiger partial charge in [0.05, 0.1) is 21.4 Å². The van der Waals surface area contributed by atoms with Gasteiger partial charge in [-0.2, -0.15) is 5.26 Å². The third-order valence-corrected chi connectivity index (χ3v) is 3.26. The lowest BCUT2D eigenvalue weighted by atomic mass is 10.2. The first-order chi connectivity index (χ1) is 5.16. The molecule has 1 aliphatic heterocycles. The Hall–Kier alpha value is -1.34. The molecule has 3 nitrogen and oxygen atoms in total. The molecule has 11 heavy (non-hydrogen) atoms. The summed E-state index contributed by atoms with van der Waals surface area (Å²) in [5.41, 5.74) is 0.393. The lowest BCUT2D eigenvalue weighted by molar-refractivity contribution is 0.612. The number of benzene rings is 1. The fraction of sp³-hybridized carbons (Fsp3) is 0. The van der Waals surface area contributed by atoms with E-state index in [9.17, 15) is 8.42 Å². The topological polar surface area (TPSA) is 57.9 Å². The van der Waals surface area contributed by atoms with Crippen molar-refractivity contribution in [1.82, 2.24) is 0 Å². The van der Waals surface area contributed by atoms with E-state index < -0.39 is 9.84 Å². The fourth-order valence-corrected chi connectivity index (χ4v) is 2.27. The summed E-state index contributed by atoms with van der Waals surface area (Å²) in [5.74, 6) is 0. The van der Waals surface area contributed by atoms with Crippen molar-refractivity contribution >= 4 is 9.84 Å². The van der Waals surface area contributed by atoms with Crippen molar-refractivity contribution in [3.05, 3.63) is 23.8 Å². The Morgan fingerprint density at radius 2 is 2.00 bits per heavy atom. The Kier molecular flexibility index (Phi) is 0.944. The maximum atomic E-state index is 10.9. The molecular formula is C7H3NO2S. The van der Waals surface area contributed by atoms with Crippen LogP contribution >= 0.6 is 0 Å². The van der Waals surface area contributed by atoms with Crippen LogP contribution < -0.4 is 0 Å². The molecule has 54 valence electrons. The summed E-state index contributed by atoms with van der Waals surface area (Å²) in [6.07, 6.45) is 0. The van der Waals surface area contributed by atoms with Crippen LogP contribution in [0.5, 0.6) is 0 Å². The minimum Gasteiger partial charge on any atom is -0.218 e. The summed E-state index contributed by atoms with van der Waals surface area (Å²) in [5, 5.41) is 8.41. The molecule has 0 N–H and O–H groups in total. The summed E-state index contributed by atoms with van der Waals surface area (Å²) in [6, 6.07) is 6.23. The fourth-order valence-electron chi connectivity index (χ4n) is 0.968. The van der Waals surface area contributed by atoms with Gasteiger partial charge in [-0.25, -0.2) is 8.42 Å². The van der Waals surface area contributed by atoms with Gasteiger partial charge >= 0.3 is 0 Å². The van der Waals surface area contributed by atoms with Crippen molar-refractivity contribution in [1.29, 1.82) is 5.26 Å². The molecule has 0 atom stereocenters. The predicted molar refractivity (Wildman–Crippen MR) is 36.6 cm³/mol. The molecule has 1 aliphatic rings. The molecule has 0 saturated carbocycles. The largest absolute Gasteiger partial charge is 0.218 e. The van der Waals surface area contributed by atoms with E-state index in [0.717, 1.165) is 0 Å². The third-order valence-electron chi connectivity index (χ3n) is 1.61. The van der Waals surface area contributed by atoms with Gasteiger partial charge in [-0.1, -0.05) is 0 Å². The van der Waals surface area contributed by atoms with Crippen LogP contribution in [0.25, 0.3) is 0 Å². The first-order valence-corrected chi connectivity index (χ1v) is 4.44. The zero-order valence-corrected chi connectivity index (χ0v) is 6.22. The van der Waals surface area contributed by atoms with E-state index in [2.05, 4.69) is 0 Å². The van der Waals surface area contributed by atoms with E-state index in [4.69, 9.17) is 5.26 Å². The zero-order chi connectivity index (χ0) is 8.06. The highest BCUT2D eigenvalue weighted by Crippen LogP contribution is 2.40. The number of sulfone groups is 1.